The van der Waals surface area contributed by atoms with Crippen LogP contribution in [0.5, 0.6) is 0 Å². The maximum atomic E-state index is 5.11. The molecule has 0 aromatic carbocycles. The second-order valence-electron chi connectivity index (χ2n) is 4.95. The molecule has 19 heavy (non-hydrogen) atoms. The number of ether oxygens (including phenoxy) is 1. The maximum absolute atomic E-state index is 5.11. The van der Waals surface area contributed by atoms with Crippen LogP contribution in [0.3, 0.4) is 0 Å². The molecule has 0 aliphatic carbocycles. The summed E-state index contributed by atoms with van der Waals surface area (Å²) in [7, 11) is 1.75. The van der Waals surface area contributed by atoms with Crippen molar-refractivity contribution in [2.24, 2.45) is 0 Å². The van der Waals surface area contributed by atoms with Crippen LogP contribution in [0.1, 0.15) is 6.92 Å². The van der Waals surface area contributed by atoms with Crippen molar-refractivity contribution in [2.75, 3.05) is 57.9 Å². The first-order chi connectivity index (χ1) is 9.29. The molecule has 0 bridgehead atoms. The molecule has 1 aliphatic heterocycles. The zero-order valence-electron chi connectivity index (χ0n) is 11.8. The van der Waals surface area contributed by atoms with Gasteiger partial charge in [0.15, 0.2) is 5.13 Å². The summed E-state index contributed by atoms with van der Waals surface area (Å²) in [5, 5.41) is 6.68. The first-order valence-electron chi connectivity index (χ1n) is 6.88. The normalized spacial score (nSPS) is 18.7. The summed E-state index contributed by atoms with van der Waals surface area (Å²) in [6.45, 7) is 9.49. The summed E-state index contributed by atoms with van der Waals surface area (Å²) < 4.78 is 5.11. The van der Waals surface area contributed by atoms with E-state index in [1.165, 1.54) is 0 Å². The molecule has 108 valence electrons. The summed E-state index contributed by atoms with van der Waals surface area (Å²) in [4.78, 5) is 9.26. The maximum Gasteiger partial charge on any atom is 0.185 e. The molecule has 0 saturated carbocycles. The van der Waals surface area contributed by atoms with Gasteiger partial charge in [0.2, 0.25) is 0 Å². The quantitative estimate of drug-likeness (QED) is 0.805. The van der Waals surface area contributed by atoms with E-state index in [1.54, 1.807) is 18.4 Å². The Hall–Kier alpha value is -0.690. The summed E-state index contributed by atoms with van der Waals surface area (Å²) >= 11 is 1.73. The molecule has 1 aliphatic rings. The van der Waals surface area contributed by atoms with Crippen molar-refractivity contribution in [1.29, 1.82) is 0 Å². The second kappa shape index (κ2) is 7.79. The summed E-state index contributed by atoms with van der Waals surface area (Å²) in [5.41, 5.74) is 0. The highest BCUT2D eigenvalue weighted by atomic mass is 32.1. The van der Waals surface area contributed by atoms with Crippen LogP contribution in [0, 0.1) is 0 Å². The van der Waals surface area contributed by atoms with Gasteiger partial charge in [0, 0.05) is 64.0 Å². The highest BCUT2D eigenvalue weighted by Gasteiger charge is 2.18. The number of rotatable bonds is 7. The molecule has 5 nitrogen and oxygen atoms in total. The molecule has 0 amide bonds. The van der Waals surface area contributed by atoms with E-state index in [0.29, 0.717) is 6.04 Å². The Morgan fingerprint density at radius 1 is 1.42 bits per heavy atom. The lowest BCUT2D eigenvalue weighted by Gasteiger charge is -2.34. The van der Waals surface area contributed by atoms with Gasteiger partial charge in [-0.05, 0) is 6.92 Å². The third-order valence-electron chi connectivity index (χ3n) is 3.40. The average molecular weight is 284 g/mol. The highest BCUT2D eigenvalue weighted by molar-refractivity contribution is 7.13. The predicted octanol–water partition coefficient (Wildman–Crippen LogP) is 0.890. The summed E-state index contributed by atoms with van der Waals surface area (Å²) in [5.74, 6) is 0. The Bertz CT molecular complexity index is 338. The molecular formula is C13H24N4OS. The van der Waals surface area contributed by atoms with Gasteiger partial charge in [0.05, 0.1) is 6.61 Å². The average Bonchev–Trinajstić information content (AvgIpc) is 2.94. The lowest BCUT2D eigenvalue weighted by molar-refractivity contribution is 0.168. The molecule has 2 heterocycles. The van der Waals surface area contributed by atoms with Crippen LogP contribution in [-0.4, -0.2) is 68.9 Å². The molecule has 1 atom stereocenters. The molecule has 1 aromatic heterocycles. The van der Waals surface area contributed by atoms with Gasteiger partial charge in [-0.25, -0.2) is 4.98 Å². The van der Waals surface area contributed by atoms with Gasteiger partial charge < -0.3 is 15.0 Å². The van der Waals surface area contributed by atoms with Crippen LogP contribution < -0.4 is 10.2 Å². The number of nitrogens with zero attached hydrogens (tertiary/aromatic N) is 3. The molecule has 1 N–H and O–H groups in total. The monoisotopic (exact) mass is 284 g/mol. The number of nitrogens with one attached hydrogen (secondary N) is 1. The summed E-state index contributed by atoms with van der Waals surface area (Å²) in [6.07, 6.45) is 1.88. The van der Waals surface area contributed by atoms with E-state index >= 15 is 0 Å². The number of piperazine rings is 1. The topological polar surface area (TPSA) is 40.6 Å². The van der Waals surface area contributed by atoms with Crippen molar-refractivity contribution in [2.45, 2.75) is 13.0 Å². The zero-order valence-corrected chi connectivity index (χ0v) is 12.7. The van der Waals surface area contributed by atoms with Crippen molar-refractivity contribution in [1.82, 2.24) is 15.2 Å². The number of anilines is 1. The minimum atomic E-state index is 0.432. The lowest BCUT2D eigenvalue weighted by Crippen LogP contribution is -2.48. The van der Waals surface area contributed by atoms with E-state index in [9.17, 15) is 0 Å². The zero-order chi connectivity index (χ0) is 13.5. The first-order valence-corrected chi connectivity index (χ1v) is 7.76. The highest BCUT2D eigenvalue weighted by Crippen LogP contribution is 2.18. The van der Waals surface area contributed by atoms with Gasteiger partial charge >= 0.3 is 0 Å². The van der Waals surface area contributed by atoms with E-state index in [-0.39, 0.29) is 0 Å². The smallest absolute Gasteiger partial charge is 0.185 e. The van der Waals surface area contributed by atoms with E-state index < -0.39 is 0 Å². The van der Waals surface area contributed by atoms with E-state index in [0.717, 1.165) is 51.0 Å². The molecule has 2 rings (SSSR count). The Labute approximate surface area is 119 Å². The van der Waals surface area contributed by atoms with Gasteiger partial charge in [-0.15, -0.1) is 11.3 Å². The Morgan fingerprint density at radius 2 is 2.21 bits per heavy atom. The molecule has 6 heteroatoms. The first kappa shape index (κ1) is 14.7. The Balaban J connectivity index is 1.61. The molecular weight excluding hydrogens is 260 g/mol. The largest absolute Gasteiger partial charge is 0.383 e. The van der Waals surface area contributed by atoms with Crippen molar-refractivity contribution in [3.8, 4) is 0 Å². The van der Waals surface area contributed by atoms with Crippen LogP contribution in [0.15, 0.2) is 11.6 Å². The number of thiazole rings is 1. The van der Waals surface area contributed by atoms with Crippen molar-refractivity contribution < 1.29 is 4.74 Å². The fraction of sp³-hybridized carbons (Fsp3) is 0.769. The minimum absolute atomic E-state index is 0.432. The van der Waals surface area contributed by atoms with Crippen LogP contribution in [0.2, 0.25) is 0 Å². The van der Waals surface area contributed by atoms with E-state index in [4.69, 9.17) is 4.74 Å². The van der Waals surface area contributed by atoms with Crippen molar-refractivity contribution in [3.63, 3.8) is 0 Å². The number of methoxy groups -OCH3 is 1. The molecule has 0 radical (unpaired) electrons. The standard InChI is InChI=1S/C13H24N4OS/c1-12(11-18-2)14-3-5-16-6-8-17(9-7-16)13-15-4-10-19-13/h4,10,12,14H,3,5-9,11H2,1-2H3. The summed E-state index contributed by atoms with van der Waals surface area (Å²) in [6, 6.07) is 0.432. The minimum Gasteiger partial charge on any atom is -0.383 e. The second-order valence-corrected chi connectivity index (χ2v) is 5.83. The van der Waals surface area contributed by atoms with Crippen LogP contribution in [-0.2, 0) is 4.74 Å². The van der Waals surface area contributed by atoms with E-state index in [2.05, 4.69) is 27.0 Å². The van der Waals surface area contributed by atoms with Gasteiger partial charge in [-0.1, -0.05) is 0 Å². The van der Waals surface area contributed by atoms with Gasteiger partial charge in [0.1, 0.15) is 0 Å². The van der Waals surface area contributed by atoms with Crippen molar-refractivity contribution in [3.05, 3.63) is 11.6 Å². The fourth-order valence-corrected chi connectivity index (χ4v) is 3.01. The Kier molecular flexibility index (Phi) is 6.03. The van der Waals surface area contributed by atoms with E-state index in [1.807, 2.05) is 11.6 Å². The fourth-order valence-electron chi connectivity index (χ4n) is 2.31. The third-order valence-corrected chi connectivity index (χ3v) is 4.23. The molecule has 0 spiro atoms. The molecule has 1 fully saturated rings. The van der Waals surface area contributed by atoms with Crippen LogP contribution in [0.4, 0.5) is 5.13 Å². The van der Waals surface area contributed by atoms with Gasteiger partial charge in [-0.2, -0.15) is 0 Å². The third kappa shape index (κ3) is 4.72. The predicted molar refractivity (Wildman–Crippen MR) is 80.1 cm³/mol. The van der Waals surface area contributed by atoms with Crippen molar-refractivity contribution >= 4 is 16.5 Å². The van der Waals surface area contributed by atoms with Gasteiger partial charge in [-0.3, -0.25) is 4.90 Å². The molecule has 1 saturated heterocycles. The van der Waals surface area contributed by atoms with Crippen LogP contribution in [0.25, 0.3) is 0 Å². The number of hydrogen-bond acceptors (Lipinski definition) is 6. The van der Waals surface area contributed by atoms with Crippen LogP contribution >= 0.6 is 11.3 Å². The SMILES string of the molecule is COCC(C)NCCN1CCN(c2nccs2)CC1. The molecule has 1 aromatic rings. The molecule has 1 unspecified atom stereocenters. The number of aromatic nitrogens is 1. The number of hydrogen-bond donors (Lipinski definition) is 1. The lowest BCUT2D eigenvalue weighted by atomic mass is 10.3. The van der Waals surface area contributed by atoms with Gasteiger partial charge in [0.25, 0.3) is 0 Å². The Morgan fingerprint density at radius 3 is 2.84 bits per heavy atom.